The van der Waals surface area contributed by atoms with Gasteiger partial charge in [-0.3, -0.25) is 19.2 Å². The molecule has 13 heteroatoms. The molecule has 0 bridgehead atoms. The Kier molecular flexibility index (Phi) is 20.4. The first-order valence-corrected chi connectivity index (χ1v) is 26.2. The Bertz CT molecular complexity index is 2700. The molecule has 4 aromatic rings. The lowest BCUT2D eigenvalue weighted by Gasteiger charge is -2.32. The van der Waals surface area contributed by atoms with Crippen molar-refractivity contribution in [3.8, 4) is 23.0 Å². The predicted molar refractivity (Wildman–Crippen MR) is 295 cm³/mol. The van der Waals surface area contributed by atoms with Crippen molar-refractivity contribution in [1.82, 2.24) is 0 Å². The van der Waals surface area contributed by atoms with E-state index in [1.54, 1.807) is 26.8 Å². The molecule has 4 aromatic carbocycles. The monoisotopic (exact) mass is 1050 g/mol. The fraction of sp³-hybridized carbons (Fsp3) is 0.508. The summed E-state index contributed by atoms with van der Waals surface area (Å²) in [7, 11) is 0. The van der Waals surface area contributed by atoms with Gasteiger partial charge in [-0.15, -0.1) is 0 Å². The van der Waals surface area contributed by atoms with E-state index in [1.165, 1.54) is 0 Å². The van der Waals surface area contributed by atoms with Gasteiger partial charge >= 0.3 is 29.8 Å². The van der Waals surface area contributed by atoms with Crippen LogP contribution < -0.4 is 4.74 Å². The van der Waals surface area contributed by atoms with Gasteiger partial charge in [0.2, 0.25) is 5.60 Å². The molecule has 0 aromatic heterocycles. The highest BCUT2D eigenvalue weighted by atomic mass is 16.6. The number of hydrogen-bond acceptors (Lipinski definition) is 13. The largest absolute Gasteiger partial charge is 0.507 e. The minimum absolute atomic E-state index is 0.0993. The normalized spacial score (nSPS) is 12.2. The van der Waals surface area contributed by atoms with Crippen molar-refractivity contribution in [3.63, 3.8) is 0 Å². The second-order valence-electron chi connectivity index (χ2n) is 24.5. The highest BCUT2D eigenvalue weighted by molar-refractivity contribution is 5.84. The molecule has 0 unspecified atom stereocenters. The Labute approximate surface area is 451 Å². The summed E-state index contributed by atoms with van der Waals surface area (Å²) < 4.78 is 29.5. The lowest BCUT2D eigenvalue weighted by atomic mass is 9.83. The molecule has 414 valence electrons. The summed E-state index contributed by atoms with van der Waals surface area (Å²) in [6.45, 7) is 32.6. The molecule has 0 aliphatic rings. The first kappa shape index (κ1) is 61.9. The molecule has 0 aliphatic carbocycles. The van der Waals surface area contributed by atoms with Crippen LogP contribution in [0.1, 0.15) is 176 Å². The van der Waals surface area contributed by atoms with Crippen LogP contribution in [0, 0.1) is 27.7 Å². The average Bonchev–Trinajstić information content (AvgIpc) is 3.31. The number of carbonyl (C=O) groups excluding carboxylic acids is 5. The SMILES string of the molecule is C=CC(=O)Oc1c(C)cc(CCC(=O)OCC(COC(=O)CCc2cc(C)c(O)c(C(C)(C)C)c2)(COC(=O)CCc2cc(C)c(O)c(C(C)(C)C)c2)OC(=O)CCc2cc(C)c(O)c(C(C)(C)C)c2)cc1C(C)(C)C. The third kappa shape index (κ3) is 17.5. The Morgan fingerprint density at radius 1 is 0.434 bits per heavy atom. The number of benzene rings is 4. The van der Waals surface area contributed by atoms with Gasteiger partial charge in [-0.1, -0.05) is 138 Å². The van der Waals surface area contributed by atoms with Crippen molar-refractivity contribution in [2.75, 3.05) is 19.8 Å². The highest BCUT2D eigenvalue weighted by Crippen LogP contribution is 2.39. The second-order valence-corrected chi connectivity index (χ2v) is 24.5. The average molecular weight is 1050 g/mol. The molecule has 0 amide bonds. The number of rotatable bonds is 21. The third-order valence-electron chi connectivity index (χ3n) is 13.3. The van der Waals surface area contributed by atoms with E-state index in [2.05, 4.69) is 6.58 Å². The molecule has 0 heterocycles. The maximum absolute atomic E-state index is 14.2. The molecule has 0 atom stereocenters. The number of esters is 5. The van der Waals surface area contributed by atoms with E-state index >= 15 is 0 Å². The summed E-state index contributed by atoms with van der Waals surface area (Å²) in [5.41, 5.74) is 5.10. The van der Waals surface area contributed by atoms with Crippen LogP contribution in [0.2, 0.25) is 0 Å². The van der Waals surface area contributed by atoms with Gasteiger partial charge in [0.15, 0.2) is 0 Å². The molecule has 0 spiro atoms. The van der Waals surface area contributed by atoms with Crippen molar-refractivity contribution < 1.29 is 63.0 Å². The number of hydrogen-bond donors (Lipinski definition) is 3. The minimum atomic E-state index is -2.00. The number of carbonyl (C=O) groups is 5. The smallest absolute Gasteiger partial charge is 0.335 e. The Balaban J connectivity index is 1.69. The van der Waals surface area contributed by atoms with Crippen molar-refractivity contribution >= 4 is 29.8 Å². The fourth-order valence-corrected chi connectivity index (χ4v) is 8.88. The molecule has 0 saturated heterocycles. The van der Waals surface area contributed by atoms with Crippen LogP contribution in [0.25, 0.3) is 0 Å². The van der Waals surface area contributed by atoms with E-state index in [4.69, 9.17) is 23.7 Å². The van der Waals surface area contributed by atoms with Crippen molar-refractivity contribution in [3.05, 3.63) is 128 Å². The zero-order valence-corrected chi connectivity index (χ0v) is 48.1. The van der Waals surface area contributed by atoms with Crippen LogP contribution in [-0.2, 0) is 90.3 Å². The molecular weight excluding hydrogens is 965 g/mol. The summed E-state index contributed by atoms with van der Waals surface area (Å²) in [6.07, 6.45) is 1.52. The minimum Gasteiger partial charge on any atom is -0.507 e. The van der Waals surface area contributed by atoms with Gasteiger partial charge in [0.1, 0.15) is 42.8 Å². The Hall–Kier alpha value is -6.63. The lowest BCUT2D eigenvalue weighted by Crippen LogP contribution is -2.50. The highest BCUT2D eigenvalue weighted by Gasteiger charge is 2.40. The quantitative estimate of drug-likeness (QED) is 0.0309. The van der Waals surface area contributed by atoms with Gasteiger partial charge in [-0.25, -0.2) is 4.79 Å². The number of ether oxygens (including phenoxy) is 5. The van der Waals surface area contributed by atoms with Gasteiger partial charge in [0.25, 0.3) is 0 Å². The van der Waals surface area contributed by atoms with E-state index in [0.29, 0.717) is 33.6 Å². The Morgan fingerprint density at radius 3 is 1.00 bits per heavy atom. The maximum atomic E-state index is 14.2. The van der Waals surface area contributed by atoms with E-state index in [1.807, 2.05) is 132 Å². The summed E-state index contributed by atoms with van der Waals surface area (Å²) >= 11 is 0. The lowest BCUT2D eigenvalue weighted by molar-refractivity contribution is -0.196. The number of aryl methyl sites for hydroxylation is 8. The molecule has 3 N–H and O–H groups in total. The maximum Gasteiger partial charge on any atom is 0.335 e. The summed E-state index contributed by atoms with van der Waals surface area (Å²) in [4.78, 5) is 67.7. The van der Waals surface area contributed by atoms with Gasteiger partial charge in [-0.2, -0.15) is 0 Å². The standard InChI is InChI=1S/C63H84O13/c1-18-50(64)75-58-41(5)30-45(34-49(58)62(15,16)17)21-25-53(67)74-37-63(76-54(68)26-22-44-29-40(4)57(71)48(33-44)61(12,13)14,35-72-51(65)23-19-42-27-38(2)55(69)46(31-42)59(6,7)8)36-73-52(66)24-20-43-28-39(3)56(70)47(32-43)60(9,10)11/h18,27-34,69-71H,1,19-26,35-37H2,2-17H3. The number of phenols is 3. The summed E-state index contributed by atoms with van der Waals surface area (Å²) in [5.74, 6) is -2.41. The van der Waals surface area contributed by atoms with E-state index in [-0.39, 0.29) is 79.4 Å². The molecule has 13 nitrogen and oxygen atoms in total. The van der Waals surface area contributed by atoms with Gasteiger partial charge in [-0.05, 0) is 136 Å². The van der Waals surface area contributed by atoms with Crippen LogP contribution in [0.15, 0.2) is 61.2 Å². The fourth-order valence-electron chi connectivity index (χ4n) is 8.88. The molecule has 0 aliphatic heterocycles. The van der Waals surface area contributed by atoms with E-state index in [9.17, 15) is 39.3 Å². The van der Waals surface area contributed by atoms with Crippen molar-refractivity contribution in [2.45, 2.75) is 189 Å². The molecule has 0 fully saturated rings. The van der Waals surface area contributed by atoms with Crippen LogP contribution >= 0.6 is 0 Å². The summed E-state index contributed by atoms with van der Waals surface area (Å²) in [5, 5.41) is 32.5. The van der Waals surface area contributed by atoms with Crippen LogP contribution in [0.4, 0.5) is 0 Å². The van der Waals surface area contributed by atoms with E-state index in [0.717, 1.165) is 45.0 Å². The number of aromatic hydroxyl groups is 3. The van der Waals surface area contributed by atoms with Crippen molar-refractivity contribution in [1.29, 1.82) is 0 Å². The van der Waals surface area contributed by atoms with Crippen LogP contribution in [0.3, 0.4) is 0 Å². The molecule has 76 heavy (non-hydrogen) atoms. The van der Waals surface area contributed by atoms with E-state index < -0.39 is 66.1 Å². The van der Waals surface area contributed by atoms with Gasteiger partial charge in [0.05, 0.1) is 0 Å². The summed E-state index contributed by atoms with van der Waals surface area (Å²) in [6, 6.07) is 14.7. The molecule has 0 saturated carbocycles. The first-order chi connectivity index (χ1) is 35.0. The topological polar surface area (TPSA) is 192 Å². The second kappa shape index (κ2) is 25.0. The van der Waals surface area contributed by atoms with Crippen LogP contribution in [-0.4, -0.2) is 70.6 Å². The molecular formula is C63H84O13. The Morgan fingerprint density at radius 2 is 0.711 bits per heavy atom. The molecule has 0 radical (unpaired) electrons. The third-order valence-corrected chi connectivity index (χ3v) is 13.3. The zero-order valence-electron chi connectivity index (χ0n) is 48.1. The van der Waals surface area contributed by atoms with Crippen LogP contribution in [0.5, 0.6) is 23.0 Å². The molecule has 4 rings (SSSR count). The first-order valence-electron chi connectivity index (χ1n) is 26.2. The van der Waals surface area contributed by atoms with Gasteiger partial charge in [0, 0.05) is 37.3 Å². The zero-order chi connectivity index (χ0) is 57.3. The van der Waals surface area contributed by atoms with Gasteiger partial charge < -0.3 is 39.0 Å². The predicted octanol–water partition coefficient (Wildman–Crippen LogP) is 12.1. The number of phenolic OH excluding ortho intramolecular Hbond substituents is 3. The van der Waals surface area contributed by atoms with Crippen molar-refractivity contribution in [2.24, 2.45) is 0 Å².